The first-order valence-corrected chi connectivity index (χ1v) is 5.99. The monoisotopic (exact) mass is 224 g/mol. The van der Waals surface area contributed by atoms with Gasteiger partial charge in [0.2, 0.25) is 0 Å². The maximum Gasteiger partial charge on any atom is 0.0543 e. The van der Waals surface area contributed by atoms with Gasteiger partial charge in [0.05, 0.1) is 11.1 Å². The topological polar surface area (TPSA) is 16.1 Å². The van der Waals surface area contributed by atoms with Crippen molar-refractivity contribution in [2.24, 2.45) is 5.92 Å². The van der Waals surface area contributed by atoms with Crippen molar-refractivity contribution in [1.82, 2.24) is 9.88 Å². The molecule has 0 spiro atoms. The van der Waals surface area contributed by atoms with Gasteiger partial charge in [-0.25, -0.2) is 0 Å². The first-order valence-electron chi connectivity index (χ1n) is 5.56. The van der Waals surface area contributed by atoms with Crippen LogP contribution in [0.1, 0.15) is 19.0 Å². The summed E-state index contributed by atoms with van der Waals surface area (Å²) >= 11 is 6.28. The van der Waals surface area contributed by atoms with Crippen LogP contribution in [0.3, 0.4) is 0 Å². The molecule has 1 fully saturated rings. The Morgan fingerprint density at radius 3 is 2.93 bits per heavy atom. The summed E-state index contributed by atoms with van der Waals surface area (Å²) in [6.45, 7) is 5.25. The summed E-state index contributed by atoms with van der Waals surface area (Å²) in [5.74, 6) is 0.648. The van der Waals surface area contributed by atoms with Crippen molar-refractivity contribution in [1.29, 1.82) is 0 Å². The fourth-order valence-corrected chi connectivity index (χ4v) is 2.60. The minimum absolute atomic E-state index is 0.318. The number of rotatable bonds is 3. The first kappa shape index (κ1) is 10.9. The SMILES string of the molecule is CCC1CN(Cc2ccccn2)CC1Cl. The zero-order valence-electron chi connectivity index (χ0n) is 9.06. The van der Waals surface area contributed by atoms with Gasteiger partial charge in [0.15, 0.2) is 0 Å². The van der Waals surface area contributed by atoms with E-state index in [4.69, 9.17) is 11.6 Å². The molecule has 1 aliphatic heterocycles. The third kappa shape index (κ3) is 2.70. The molecule has 0 saturated carbocycles. The molecule has 2 atom stereocenters. The molecule has 0 aromatic carbocycles. The second-order valence-corrected chi connectivity index (χ2v) is 4.76. The normalized spacial score (nSPS) is 27.1. The molecular weight excluding hydrogens is 208 g/mol. The zero-order chi connectivity index (χ0) is 10.7. The molecule has 0 N–H and O–H groups in total. The molecule has 1 saturated heterocycles. The smallest absolute Gasteiger partial charge is 0.0543 e. The lowest BCUT2D eigenvalue weighted by Gasteiger charge is -2.14. The van der Waals surface area contributed by atoms with Crippen molar-refractivity contribution >= 4 is 11.6 Å². The van der Waals surface area contributed by atoms with Gasteiger partial charge in [-0.3, -0.25) is 9.88 Å². The van der Waals surface area contributed by atoms with Crippen LogP contribution >= 0.6 is 11.6 Å². The molecule has 82 valence electrons. The summed E-state index contributed by atoms with van der Waals surface area (Å²) < 4.78 is 0. The summed E-state index contributed by atoms with van der Waals surface area (Å²) in [5.41, 5.74) is 1.14. The van der Waals surface area contributed by atoms with Crippen LogP contribution in [0.25, 0.3) is 0 Å². The van der Waals surface area contributed by atoms with E-state index in [0.29, 0.717) is 11.3 Å². The summed E-state index contributed by atoms with van der Waals surface area (Å²) in [6, 6.07) is 6.06. The molecule has 1 aromatic rings. The molecule has 0 bridgehead atoms. The Morgan fingerprint density at radius 2 is 2.33 bits per heavy atom. The highest BCUT2D eigenvalue weighted by Gasteiger charge is 2.29. The Morgan fingerprint density at radius 1 is 1.47 bits per heavy atom. The second-order valence-electron chi connectivity index (χ2n) is 4.20. The number of halogens is 1. The quantitative estimate of drug-likeness (QED) is 0.734. The minimum atomic E-state index is 0.318. The molecule has 1 aliphatic rings. The number of hydrogen-bond donors (Lipinski definition) is 0. The standard InChI is InChI=1S/C12H17ClN2/c1-2-10-7-15(9-12(10)13)8-11-5-3-4-6-14-11/h3-6,10,12H,2,7-9H2,1H3. The van der Waals surface area contributed by atoms with Crippen LogP contribution in [0.5, 0.6) is 0 Å². The van der Waals surface area contributed by atoms with Gasteiger partial charge < -0.3 is 0 Å². The third-order valence-electron chi connectivity index (χ3n) is 3.07. The lowest BCUT2D eigenvalue weighted by atomic mass is 10.1. The Kier molecular flexibility index (Phi) is 3.60. The van der Waals surface area contributed by atoms with Crippen molar-refractivity contribution in [3.8, 4) is 0 Å². The number of likely N-dealkylation sites (tertiary alicyclic amines) is 1. The van der Waals surface area contributed by atoms with E-state index in [1.165, 1.54) is 6.42 Å². The van der Waals surface area contributed by atoms with Crippen LogP contribution < -0.4 is 0 Å². The minimum Gasteiger partial charge on any atom is -0.296 e. The van der Waals surface area contributed by atoms with Gasteiger partial charge in [0.1, 0.15) is 0 Å². The van der Waals surface area contributed by atoms with Gasteiger partial charge in [-0.05, 0) is 18.1 Å². The van der Waals surface area contributed by atoms with E-state index in [9.17, 15) is 0 Å². The van der Waals surface area contributed by atoms with Crippen molar-refractivity contribution < 1.29 is 0 Å². The molecular formula is C12H17ClN2. The van der Waals surface area contributed by atoms with Gasteiger partial charge in [0, 0.05) is 25.8 Å². The van der Waals surface area contributed by atoms with Crippen LogP contribution in [0.2, 0.25) is 0 Å². The van der Waals surface area contributed by atoms with E-state index < -0.39 is 0 Å². The lowest BCUT2D eigenvalue weighted by Crippen LogP contribution is -2.21. The fourth-order valence-electron chi connectivity index (χ4n) is 2.15. The summed E-state index contributed by atoms with van der Waals surface area (Å²) in [6.07, 6.45) is 3.02. The van der Waals surface area contributed by atoms with Crippen LogP contribution in [-0.4, -0.2) is 28.4 Å². The average molecular weight is 225 g/mol. The van der Waals surface area contributed by atoms with Crippen molar-refractivity contribution in [2.45, 2.75) is 25.3 Å². The highest BCUT2D eigenvalue weighted by Crippen LogP contribution is 2.25. The maximum absolute atomic E-state index is 6.28. The molecule has 0 aliphatic carbocycles. The largest absolute Gasteiger partial charge is 0.296 e. The Labute approximate surface area is 96.3 Å². The number of pyridine rings is 1. The highest BCUT2D eigenvalue weighted by molar-refractivity contribution is 6.21. The van der Waals surface area contributed by atoms with Crippen molar-refractivity contribution in [2.75, 3.05) is 13.1 Å². The average Bonchev–Trinajstić information content (AvgIpc) is 2.60. The Balaban J connectivity index is 1.92. The van der Waals surface area contributed by atoms with Gasteiger partial charge >= 0.3 is 0 Å². The van der Waals surface area contributed by atoms with Crippen molar-refractivity contribution in [3.05, 3.63) is 30.1 Å². The van der Waals surface area contributed by atoms with E-state index >= 15 is 0 Å². The van der Waals surface area contributed by atoms with Crippen LogP contribution in [0.4, 0.5) is 0 Å². The molecule has 0 radical (unpaired) electrons. The predicted octanol–water partition coefficient (Wildman–Crippen LogP) is 2.53. The predicted molar refractivity (Wildman–Crippen MR) is 62.9 cm³/mol. The van der Waals surface area contributed by atoms with Gasteiger partial charge in [-0.1, -0.05) is 19.4 Å². The van der Waals surface area contributed by atoms with E-state index in [1.54, 1.807) is 0 Å². The molecule has 2 unspecified atom stereocenters. The van der Waals surface area contributed by atoms with Crippen LogP contribution in [-0.2, 0) is 6.54 Å². The maximum atomic E-state index is 6.28. The molecule has 1 aromatic heterocycles. The van der Waals surface area contributed by atoms with Crippen LogP contribution in [0, 0.1) is 5.92 Å². The van der Waals surface area contributed by atoms with E-state index in [0.717, 1.165) is 25.3 Å². The lowest BCUT2D eigenvalue weighted by molar-refractivity contribution is 0.311. The van der Waals surface area contributed by atoms with Gasteiger partial charge in [-0.2, -0.15) is 0 Å². The summed E-state index contributed by atoms with van der Waals surface area (Å²) in [4.78, 5) is 6.73. The third-order valence-corrected chi connectivity index (χ3v) is 3.57. The number of hydrogen-bond acceptors (Lipinski definition) is 2. The number of aromatic nitrogens is 1. The first-order chi connectivity index (χ1) is 7.29. The zero-order valence-corrected chi connectivity index (χ0v) is 9.82. The second kappa shape index (κ2) is 4.95. The molecule has 15 heavy (non-hydrogen) atoms. The van der Waals surface area contributed by atoms with E-state index in [2.05, 4.69) is 22.9 Å². The number of alkyl halides is 1. The molecule has 2 heterocycles. The van der Waals surface area contributed by atoms with Crippen LogP contribution in [0.15, 0.2) is 24.4 Å². The Hall–Kier alpha value is -0.600. The number of nitrogens with zero attached hydrogens (tertiary/aromatic N) is 2. The van der Waals surface area contributed by atoms with Crippen molar-refractivity contribution in [3.63, 3.8) is 0 Å². The van der Waals surface area contributed by atoms with Gasteiger partial charge in [-0.15, -0.1) is 11.6 Å². The molecule has 2 rings (SSSR count). The molecule has 2 nitrogen and oxygen atoms in total. The van der Waals surface area contributed by atoms with E-state index in [-0.39, 0.29) is 0 Å². The Bertz CT molecular complexity index is 302. The summed E-state index contributed by atoms with van der Waals surface area (Å²) in [7, 11) is 0. The summed E-state index contributed by atoms with van der Waals surface area (Å²) in [5, 5.41) is 0.318. The van der Waals surface area contributed by atoms with E-state index in [1.807, 2.05) is 18.3 Å². The fraction of sp³-hybridized carbons (Fsp3) is 0.583. The highest BCUT2D eigenvalue weighted by atomic mass is 35.5. The molecule has 0 amide bonds. The molecule has 3 heteroatoms. The van der Waals surface area contributed by atoms with Gasteiger partial charge in [0.25, 0.3) is 0 Å².